The van der Waals surface area contributed by atoms with Crippen LogP contribution < -0.4 is 5.32 Å². The second-order valence-electron chi connectivity index (χ2n) is 10.2. The third-order valence-corrected chi connectivity index (χ3v) is 8.78. The maximum absolute atomic E-state index is 12.5. The number of carboxylic acid groups (broad SMARTS) is 1. The van der Waals surface area contributed by atoms with E-state index in [1.165, 1.54) is 0 Å². The Morgan fingerprint density at radius 3 is 2.56 bits per heavy atom. The smallest absolute Gasteiger partial charge is 0.309 e. The summed E-state index contributed by atoms with van der Waals surface area (Å²) in [7, 11) is 0. The lowest BCUT2D eigenvalue weighted by Crippen LogP contribution is -2.71. The average molecular weight is 349 g/mol. The molecule has 4 aliphatic rings. The number of carbonyl (C=O) groups is 2. The van der Waals surface area contributed by atoms with Crippen LogP contribution in [0.3, 0.4) is 0 Å². The summed E-state index contributed by atoms with van der Waals surface area (Å²) in [6.45, 7) is 6.15. The molecule has 0 aromatic carbocycles. The van der Waals surface area contributed by atoms with Gasteiger partial charge in [0.2, 0.25) is 5.91 Å². The van der Waals surface area contributed by atoms with Crippen LogP contribution in [0.15, 0.2) is 0 Å². The lowest BCUT2D eigenvalue weighted by Gasteiger charge is -2.68. The molecule has 0 unspecified atom stereocenters. The van der Waals surface area contributed by atoms with Gasteiger partial charge in [0, 0.05) is 6.42 Å². The Kier molecular flexibility index (Phi) is 3.46. The maximum atomic E-state index is 12.5. The first-order chi connectivity index (χ1) is 11.6. The highest BCUT2D eigenvalue weighted by molar-refractivity contribution is 5.79. The third kappa shape index (κ3) is 2.11. The first-order valence-electron chi connectivity index (χ1n) is 9.78. The highest BCUT2D eigenvalue weighted by Crippen LogP contribution is 2.69. The fourth-order valence-corrected chi connectivity index (χ4v) is 7.69. The van der Waals surface area contributed by atoms with Gasteiger partial charge in [-0.1, -0.05) is 13.3 Å². The fourth-order valence-electron chi connectivity index (χ4n) is 7.69. The van der Waals surface area contributed by atoms with E-state index in [4.69, 9.17) is 0 Å². The number of hydrogen-bond donors (Lipinski definition) is 3. The van der Waals surface area contributed by atoms with Gasteiger partial charge in [-0.15, -0.1) is 0 Å². The molecule has 1 spiro atoms. The van der Waals surface area contributed by atoms with Crippen LogP contribution in [0.4, 0.5) is 0 Å². The molecule has 4 fully saturated rings. The van der Waals surface area contributed by atoms with E-state index in [1.807, 2.05) is 13.8 Å². The van der Waals surface area contributed by atoms with Gasteiger partial charge in [-0.25, -0.2) is 0 Å². The van der Waals surface area contributed by atoms with Crippen LogP contribution in [0, 0.1) is 28.1 Å². The lowest BCUT2D eigenvalue weighted by molar-refractivity contribution is -0.209. The molecule has 0 radical (unpaired) electrons. The molecule has 25 heavy (non-hydrogen) atoms. The highest BCUT2D eigenvalue weighted by Gasteiger charge is 2.67. The Balaban J connectivity index is 1.78. The normalized spacial score (nSPS) is 54.9. The van der Waals surface area contributed by atoms with Crippen molar-refractivity contribution in [1.29, 1.82) is 0 Å². The first-order valence-corrected chi connectivity index (χ1v) is 9.78. The molecule has 3 saturated carbocycles. The second-order valence-corrected chi connectivity index (χ2v) is 10.2. The van der Waals surface area contributed by atoms with Crippen molar-refractivity contribution in [3.63, 3.8) is 0 Å². The molecule has 1 amide bonds. The van der Waals surface area contributed by atoms with E-state index >= 15 is 0 Å². The van der Waals surface area contributed by atoms with Crippen LogP contribution in [-0.4, -0.2) is 33.7 Å². The van der Waals surface area contributed by atoms with E-state index < -0.39 is 23.0 Å². The summed E-state index contributed by atoms with van der Waals surface area (Å²) in [5.74, 6) is -0.270. The van der Waals surface area contributed by atoms with Crippen LogP contribution in [-0.2, 0) is 9.59 Å². The van der Waals surface area contributed by atoms with Crippen molar-refractivity contribution in [3.8, 4) is 0 Å². The van der Waals surface area contributed by atoms with Crippen LogP contribution in [0.5, 0.6) is 0 Å². The van der Waals surface area contributed by atoms with E-state index in [9.17, 15) is 19.8 Å². The number of nitrogens with one attached hydrogen (secondary N) is 1. The number of aliphatic hydroxyl groups excluding tert-OH is 1. The largest absolute Gasteiger partial charge is 0.481 e. The Morgan fingerprint density at radius 1 is 1.16 bits per heavy atom. The van der Waals surface area contributed by atoms with Crippen molar-refractivity contribution in [3.05, 3.63) is 0 Å². The molecule has 7 atom stereocenters. The van der Waals surface area contributed by atoms with Gasteiger partial charge in [0.25, 0.3) is 0 Å². The standard InChI is InChI=1S/C20H31NO4/c1-17-6-4-7-18(2,16(24)25)12(17)5-8-20-10-15(23)21-19(3,11-20)14(22)9-13(17)20/h12-14,22H,4-11H2,1-3H3,(H,21,23)(H,24,25)/t12-,13-,14+,17-,18-,19+,20-/m1/s1. The predicted molar refractivity (Wildman–Crippen MR) is 92.8 cm³/mol. The zero-order valence-electron chi connectivity index (χ0n) is 15.6. The first kappa shape index (κ1) is 17.3. The minimum absolute atomic E-state index is 0.0522. The maximum Gasteiger partial charge on any atom is 0.309 e. The number of rotatable bonds is 1. The summed E-state index contributed by atoms with van der Waals surface area (Å²) in [6, 6.07) is 0. The number of hydrogen-bond acceptors (Lipinski definition) is 3. The third-order valence-electron chi connectivity index (χ3n) is 8.78. The fraction of sp³-hybridized carbons (Fsp3) is 0.900. The number of aliphatic hydroxyl groups is 1. The number of amides is 1. The molecule has 5 heteroatoms. The zero-order chi connectivity index (χ0) is 18.3. The van der Waals surface area contributed by atoms with E-state index in [2.05, 4.69) is 12.2 Å². The van der Waals surface area contributed by atoms with Crippen molar-refractivity contribution in [1.82, 2.24) is 5.32 Å². The molecule has 1 heterocycles. The molecule has 1 saturated heterocycles. The predicted octanol–water partition coefficient (Wildman–Crippen LogP) is 2.71. The Bertz CT molecular complexity index is 635. The van der Waals surface area contributed by atoms with Crippen molar-refractivity contribution >= 4 is 11.9 Å². The number of aliphatic carboxylic acids is 1. The van der Waals surface area contributed by atoms with Gasteiger partial charge in [-0.05, 0) is 75.0 Å². The van der Waals surface area contributed by atoms with E-state index in [0.717, 1.165) is 38.5 Å². The zero-order valence-corrected chi connectivity index (χ0v) is 15.6. The van der Waals surface area contributed by atoms with Crippen LogP contribution in [0.1, 0.15) is 72.1 Å². The highest BCUT2D eigenvalue weighted by atomic mass is 16.4. The Labute approximate surface area is 149 Å². The molecule has 5 nitrogen and oxygen atoms in total. The summed E-state index contributed by atoms with van der Waals surface area (Å²) in [4.78, 5) is 24.6. The molecule has 1 aliphatic heterocycles. The molecule has 2 bridgehead atoms. The topological polar surface area (TPSA) is 86.6 Å². The summed E-state index contributed by atoms with van der Waals surface area (Å²) in [6.07, 6.45) is 5.95. The summed E-state index contributed by atoms with van der Waals surface area (Å²) < 4.78 is 0. The van der Waals surface area contributed by atoms with Crippen molar-refractivity contribution in [2.45, 2.75) is 83.8 Å². The van der Waals surface area contributed by atoms with Crippen molar-refractivity contribution in [2.24, 2.45) is 28.1 Å². The molecule has 0 aromatic heterocycles. The molecular formula is C20H31NO4. The Morgan fingerprint density at radius 2 is 1.88 bits per heavy atom. The minimum atomic E-state index is -0.683. The molecule has 3 N–H and O–H groups in total. The lowest BCUT2D eigenvalue weighted by atomic mass is 9.38. The molecule has 140 valence electrons. The second kappa shape index (κ2) is 4.99. The molecular weight excluding hydrogens is 318 g/mol. The van der Waals surface area contributed by atoms with Gasteiger partial charge in [0.15, 0.2) is 0 Å². The van der Waals surface area contributed by atoms with Gasteiger partial charge >= 0.3 is 5.97 Å². The van der Waals surface area contributed by atoms with Gasteiger partial charge in [0.1, 0.15) is 0 Å². The van der Waals surface area contributed by atoms with Crippen LogP contribution in [0.25, 0.3) is 0 Å². The van der Waals surface area contributed by atoms with E-state index in [-0.39, 0.29) is 28.6 Å². The average Bonchev–Trinajstić information content (AvgIpc) is 2.48. The number of piperidine rings is 1. The van der Waals surface area contributed by atoms with E-state index in [0.29, 0.717) is 12.8 Å². The number of fused-ring (bicyclic) bond motifs is 3. The van der Waals surface area contributed by atoms with Crippen LogP contribution >= 0.6 is 0 Å². The summed E-state index contributed by atoms with van der Waals surface area (Å²) in [5.41, 5.74) is -1.39. The molecule has 4 rings (SSSR count). The van der Waals surface area contributed by atoms with Crippen molar-refractivity contribution < 1.29 is 19.8 Å². The summed E-state index contributed by atoms with van der Waals surface area (Å²) >= 11 is 0. The van der Waals surface area contributed by atoms with Gasteiger partial charge in [0.05, 0.1) is 17.1 Å². The minimum Gasteiger partial charge on any atom is -0.481 e. The number of carboxylic acids is 1. The van der Waals surface area contributed by atoms with Gasteiger partial charge < -0.3 is 15.5 Å². The van der Waals surface area contributed by atoms with Gasteiger partial charge in [-0.3, -0.25) is 9.59 Å². The monoisotopic (exact) mass is 349 g/mol. The quantitative estimate of drug-likeness (QED) is 0.679. The van der Waals surface area contributed by atoms with E-state index in [1.54, 1.807) is 0 Å². The van der Waals surface area contributed by atoms with Crippen LogP contribution in [0.2, 0.25) is 0 Å². The molecule has 0 aromatic rings. The summed E-state index contributed by atoms with van der Waals surface area (Å²) in [5, 5.41) is 23.8. The number of carbonyl (C=O) groups excluding carboxylic acids is 1. The van der Waals surface area contributed by atoms with Crippen molar-refractivity contribution in [2.75, 3.05) is 0 Å². The SMILES string of the molecule is C[C@@]12CCC[C@@](C)(C(=O)O)[C@@H]1CC[C@@]13CC(=O)N[C@@](C)(C1)[C@@H](O)C[C@@H]32. The Hall–Kier alpha value is -1.10. The molecule has 3 aliphatic carbocycles. The van der Waals surface area contributed by atoms with Gasteiger partial charge in [-0.2, -0.15) is 0 Å².